The van der Waals surface area contributed by atoms with Crippen molar-refractivity contribution in [3.8, 4) is 0 Å². The Kier molecular flexibility index (Phi) is 6.89. The van der Waals surface area contributed by atoms with Gasteiger partial charge in [0.1, 0.15) is 0 Å². The summed E-state index contributed by atoms with van der Waals surface area (Å²) in [6.45, 7) is 7.97. The largest absolute Gasteiger partial charge is 0.337 e. The van der Waals surface area contributed by atoms with Crippen molar-refractivity contribution in [2.45, 2.75) is 51.4 Å². The number of piperidine rings is 1. The second kappa shape index (κ2) is 8.44. The van der Waals surface area contributed by atoms with Crippen LogP contribution in [0.15, 0.2) is 0 Å². The van der Waals surface area contributed by atoms with Crippen molar-refractivity contribution in [2.75, 3.05) is 53.5 Å². The van der Waals surface area contributed by atoms with Crippen molar-refractivity contribution in [3.05, 3.63) is 0 Å². The van der Waals surface area contributed by atoms with E-state index in [1.54, 1.807) is 0 Å². The molecule has 21 heavy (non-hydrogen) atoms. The fourth-order valence-corrected chi connectivity index (χ4v) is 3.38. The molecule has 0 N–H and O–H groups in total. The van der Waals surface area contributed by atoms with Crippen LogP contribution in [-0.4, -0.2) is 74.3 Å². The van der Waals surface area contributed by atoms with Crippen LogP contribution in [-0.2, 0) is 9.47 Å². The predicted molar refractivity (Wildman–Crippen MR) is 84.8 cm³/mol. The van der Waals surface area contributed by atoms with Crippen LogP contribution < -0.4 is 0 Å². The van der Waals surface area contributed by atoms with Gasteiger partial charge in [-0.2, -0.15) is 5.01 Å². The summed E-state index contributed by atoms with van der Waals surface area (Å²) >= 11 is 0. The zero-order chi connectivity index (χ0) is 15.1. The maximum atomic E-state index is 6.32. The zero-order valence-corrected chi connectivity index (χ0v) is 14.1. The minimum absolute atomic E-state index is 0.510. The predicted octanol–water partition coefficient (Wildman–Crippen LogP) is 2.14. The van der Waals surface area contributed by atoms with Crippen LogP contribution in [0.1, 0.15) is 45.4 Å². The van der Waals surface area contributed by atoms with E-state index < -0.39 is 5.91 Å². The standard InChI is InChI=1S/C16H33N3O2/c1-4-20-16(21-15-9-11-17(2)3)10-5-6-14-19(16)18-12-7-8-13-18/h4-15H2,1-3H3. The highest BCUT2D eigenvalue weighted by Crippen LogP contribution is 2.33. The van der Waals surface area contributed by atoms with Crippen LogP contribution in [0.4, 0.5) is 0 Å². The third kappa shape index (κ3) is 4.63. The summed E-state index contributed by atoms with van der Waals surface area (Å²) in [4.78, 5) is 2.20. The Balaban J connectivity index is 1.97. The maximum Gasteiger partial charge on any atom is 0.242 e. The van der Waals surface area contributed by atoms with Crippen LogP contribution in [0.3, 0.4) is 0 Å². The van der Waals surface area contributed by atoms with E-state index in [2.05, 4.69) is 35.9 Å². The third-order valence-corrected chi connectivity index (χ3v) is 4.38. The topological polar surface area (TPSA) is 28.2 Å². The van der Waals surface area contributed by atoms with Gasteiger partial charge in [0.05, 0.1) is 6.61 Å². The molecule has 0 spiro atoms. The van der Waals surface area contributed by atoms with Crippen molar-refractivity contribution in [1.82, 2.24) is 14.9 Å². The molecule has 0 aliphatic carbocycles. The molecule has 2 saturated heterocycles. The molecule has 2 fully saturated rings. The first-order chi connectivity index (χ1) is 10.2. The first-order valence-corrected chi connectivity index (χ1v) is 8.63. The van der Waals surface area contributed by atoms with Gasteiger partial charge in [-0.1, -0.05) is 0 Å². The third-order valence-electron chi connectivity index (χ3n) is 4.38. The second-order valence-corrected chi connectivity index (χ2v) is 6.39. The smallest absolute Gasteiger partial charge is 0.242 e. The Labute approximate surface area is 130 Å². The van der Waals surface area contributed by atoms with Crippen LogP contribution in [0, 0.1) is 0 Å². The van der Waals surface area contributed by atoms with E-state index in [9.17, 15) is 0 Å². The molecular weight excluding hydrogens is 266 g/mol. The summed E-state index contributed by atoms with van der Waals surface area (Å²) in [6.07, 6.45) is 7.05. The average Bonchev–Trinajstić information content (AvgIpc) is 2.98. The first kappa shape index (κ1) is 17.2. The highest BCUT2D eigenvalue weighted by atomic mass is 16.7. The van der Waals surface area contributed by atoms with Gasteiger partial charge < -0.3 is 14.4 Å². The Morgan fingerprint density at radius 2 is 1.71 bits per heavy atom. The number of hydrogen-bond donors (Lipinski definition) is 0. The molecule has 0 aromatic carbocycles. The van der Waals surface area contributed by atoms with Gasteiger partial charge in [0.25, 0.3) is 0 Å². The molecule has 1 unspecified atom stereocenters. The second-order valence-electron chi connectivity index (χ2n) is 6.39. The van der Waals surface area contributed by atoms with Crippen molar-refractivity contribution in [2.24, 2.45) is 0 Å². The molecule has 0 radical (unpaired) electrons. The number of hydrazine groups is 1. The van der Waals surface area contributed by atoms with Crippen LogP contribution in [0.25, 0.3) is 0 Å². The normalized spacial score (nSPS) is 28.6. The highest BCUT2D eigenvalue weighted by molar-refractivity contribution is 4.79. The fourth-order valence-electron chi connectivity index (χ4n) is 3.38. The Morgan fingerprint density at radius 3 is 2.38 bits per heavy atom. The molecule has 0 saturated carbocycles. The lowest BCUT2D eigenvalue weighted by Gasteiger charge is -2.49. The lowest BCUT2D eigenvalue weighted by molar-refractivity contribution is -0.373. The van der Waals surface area contributed by atoms with Gasteiger partial charge in [-0.15, -0.1) is 0 Å². The SMILES string of the molecule is CCOC1(OCCCN(C)C)CCCCN1N1CCCC1. The number of rotatable bonds is 8. The van der Waals surface area contributed by atoms with Crippen molar-refractivity contribution < 1.29 is 9.47 Å². The maximum absolute atomic E-state index is 6.32. The molecule has 0 aromatic heterocycles. The molecule has 1 atom stereocenters. The van der Waals surface area contributed by atoms with Crippen molar-refractivity contribution in [3.63, 3.8) is 0 Å². The van der Waals surface area contributed by atoms with Crippen molar-refractivity contribution >= 4 is 0 Å². The Hall–Kier alpha value is -0.200. The summed E-state index contributed by atoms with van der Waals surface area (Å²) in [6, 6.07) is 0. The molecule has 2 aliphatic heterocycles. The number of hydrogen-bond acceptors (Lipinski definition) is 5. The lowest BCUT2D eigenvalue weighted by atomic mass is 10.1. The van der Waals surface area contributed by atoms with Gasteiger partial charge in [0, 0.05) is 32.7 Å². The van der Waals surface area contributed by atoms with E-state index in [-0.39, 0.29) is 0 Å². The molecule has 2 heterocycles. The first-order valence-electron chi connectivity index (χ1n) is 8.63. The van der Waals surface area contributed by atoms with Crippen LogP contribution in [0.5, 0.6) is 0 Å². The van der Waals surface area contributed by atoms with Gasteiger partial charge in [-0.05, 0) is 59.7 Å². The van der Waals surface area contributed by atoms with E-state index in [1.165, 1.54) is 25.7 Å². The Morgan fingerprint density at radius 1 is 1.00 bits per heavy atom. The van der Waals surface area contributed by atoms with E-state index in [0.29, 0.717) is 6.61 Å². The molecule has 2 aliphatic rings. The molecule has 0 bridgehead atoms. The molecule has 2 rings (SSSR count). The van der Waals surface area contributed by atoms with Crippen LogP contribution >= 0.6 is 0 Å². The molecule has 5 heteroatoms. The molecular formula is C16H33N3O2. The summed E-state index contributed by atoms with van der Waals surface area (Å²) in [7, 11) is 4.21. The van der Waals surface area contributed by atoms with Gasteiger partial charge in [0.2, 0.25) is 5.91 Å². The average molecular weight is 299 g/mol. The summed E-state index contributed by atoms with van der Waals surface area (Å²) in [5.41, 5.74) is 0. The number of nitrogens with zero attached hydrogens (tertiary/aromatic N) is 3. The molecule has 0 aromatic rings. The number of ether oxygens (including phenoxy) is 2. The van der Waals surface area contributed by atoms with Gasteiger partial charge in [-0.25, -0.2) is 5.01 Å². The minimum Gasteiger partial charge on any atom is -0.337 e. The van der Waals surface area contributed by atoms with Gasteiger partial charge in [-0.3, -0.25) is 0 Å². The molecule has 124 valence electrons. The van der Waals surface area contributed by atoms with E-state index in [0.717, 1.165) is 45.6 Å². The Bertz CT molecular complexity index is 291. The summed E-state index contributed by atoms with van der Waals surface area (Å²) < 4.78 is 12.5. The van der Waals surface area contributed by atoms with Crippen LogP contribution in [0.2, 0.25) is 0 Å². The fraction of sp³-hybridized carbons (Fsp3) is 1.00. The quantitative estimate of drug-likeness (QED) is 0.506. The van der Waals surface area contributed by atoms with E-state index >= 15 is 0 Å². The zero-order valence-electron chi connectivity index (χ0n) is 14.1. The van der Waals surface area contributed by atoms with Gasteiger partial charge >= 0.3 is 0 Å². The summed E-state index contributed by atoms with van der Waals surface area (Å²) in [5, 5.41) is 4.85. The summed E-state index contributed by atoms with van der Waals surface area (Å²) in [5.74, 6) is -0.510. The van der Waals surface area contributed by atoms with Crippen molar-refractivity contribution in [1.29, 1.82) is 0 Å². The lowest BCUT2D eigenvalue weighted by Crippen LogP contribution is -2.61. The highest BCUT2D eigenvalue weighted by Gasteiger charge is 2.44. The molecule has 5 nitrogen and oxygen atoms in total. The van der Waals surface area contributed by atoms with Gasteiger partial charge in [0.15, 0.2) is 0 Å². The monoisotopic (exact) mass is 299 g/mol. The van der Waals surface area contributed by atoms with E-state index in [1.807, 2.05) is 0 Å². The minimum atomic E-state index is -0.510. The van der Waals surface area contributed by atoms with E-state index in [4.69, 9.17) is 9.47 Å². The molecule has 0 amide bonds.